The normalized spacial score (nSPS) is 19.3. The topological polar surface area (TPSA) is 111 Å². The van der Waals surface area contributed by atoms with Crippen LogP contribution in [0.5, 0.6) is 0 Å². The first kappa shape index (κ1) is 25.0. The largest absolute Gasteiger partial charge is 0.383 e. The Hall–Kier alpha value is -3.09. The van der Waals surface area contributed by atoms with E-state index in [1.165, 1.54) is 6.07 Å². The van der Waals surface area contributed by atoms with Gasteiger partial charge >= 0.3 is 0 Å². The number of benzene rings is 1. The Bertz CT molecular complexity index is 1080. The van der Waals surface area contributed by atoms with Gasteiger partial charge < -0.3 is 20.7 Å². The fourth-order valence-electron chi connectivity index (χ4n) is 4.85. The first-order valence-electron chi connectivity index (χ1n) is 11.6. The predicted molar refractivity (Wildman–Crippen MR) is 131 cm³/mol. The number of piperidine rings is 1. The number of nitrogens with zero attached hydrogens (tertiary/aromatic N) is 4. The number of aromatic nitrogens is 2. The summed E-state index contributed by atoms with van der Waals surface area (Å²) < 4.78 is 34.3. The van der Waals surface area contributed by atoms with E-state index in [0.29, 0.717) is 24.7 Å². The van der Waals surface area contributed by atoms with Crippen molar-refractivity contribution in [1.82, 2.24) is 31.4 Å². The molecule has 0 radical (unpaired) electrons. The second-order valence-corrected chi connectivity index (χ2v) is 10.2. The summed E-state index contributed by atoms with van der Waals surface area (Å²) in [4.78, 5) is 8.42. The van der Waals surface area contributed by atoms with Gasteiger partial charge in [-0.2, -0.15) is 4.98 Å². The minimum Gasteiger partial charge on any atom is -0.383 e. The molecule has 0 spiro atoms. The Morgan fingerprint density at radius 1 is 1.14 bits per heavy atom. The van der Waals surface area contributed by atoms with E-state index in [2.05, 4.69) is 69.8 Å². The number of hydrazine groups is 2. The van der Waals surface area contributed by atoms with E-state index in [9.17, 15) is 8.78 Å². The first-order chi connectivity index (χ1) is 16.5. The van der Waals surface area contributed by atoms with Crippen LogP contribution in [0.2, 0.25) is 0 Å². The molecule has 0 amide bonds. The lowest BCUT2D eigenvalue weighted by Gasteiger charge is -2.46. The standard InChI is InChI=1S/C23H33F2N9O/c1-22(2)11-15(12-23(3,4)31-22)27-19-18(25)13-26-21(29-19)28-14-6-7-17(24)16(10-14)20-30-32-33-34(20)8-9-35-5/h6-7,10,13,15,31-33H,8-9,11-12H2,1-5H3,(H2,26,27,28,29). The van der Waals surface area contributed by atoms with Crippen molar-refractivity contribution in [2.75, 3.05) is 30.9 Å². The summed E-state index contributed by atoms with van der Waals surface area (Å²) >= 11 is 0. The van der Waals surface area contributed by atoms with Gasteiger partial charge in [-0.1, -0.05) is 0 Å². The van der Waals surface area contributed by atoms with Crippen LogP contribution in [0.3, 0.4) is 0 Å². The van der Waals surface area contributed by atoms with Gasteiger partial charge in [-0.3, -0.25) is 5.01 Å². The molecule has 0 aliphatic carbocycles. The van der Waals surface area contributed by atoms with Crippen LogP contribution >= 0.6 is 0 Å². The highest BCUT2D eigenvalue weighted by molar-refractivity contribution is 6.00. The summed E-state index contributed by atoms with van der Waals surface area (Å²) in [7, 11) is 1.59. The molecule has 1 aromatic heterocycles. The molecule has 3 heterocycles. The molecular formula is C23H33F2N9O. The summed E-state index contributed by atoms with van der Waals surface area (Å²) in [6.45, 7) is 9.42. The van der Waals surface area contributed by atoms with Crippen LogP contribution in [0.4, 0.5) is 26.2 Å². The van der Waals surface area contributed by atoms with Gasteiger partial charge in [-0.05, 0) is 58.7 Å². The van der Waals surface area contributed by atoms with Gasteiger partial charge in [0.1, 0.15) is 5.82 Å². The van der Waals surface area contributed by atoms with Crippen LogP contribution in [0, 0.1) is 11.6 Å². The lowest BCUT2D eigenvalue weighted by molar-refractivity contribution is 0.157. The smallest absolute Gasteiger partial charge is 0.229 e. The summed E-state index contributed by atoms with van der Waals surface area (Å²) in [6, 6.07) is 4.52. The van der Waals surface area contributed by atoms with Gasteiger partial charge in [-0.25, -0.2) is 19.3 Å². The second-order valence-electron chi connectivity index (χ2n) is 10.2. The molecule has 190 valence electrons. The van der Waals surface area contributed by atoms with Crippen LogP contribution < -0.4 is 27.0 Å². The van der Waals surface area contributed by atoms with Gasteiger partial charge in [0.25, 0.3) is 0 Å². The zero-order chi connectivity index (χ0) is 25.2. The van der Waals surface area contributed by atoms with Crippen LogP contribution in [-0.4, -0.2) is 58.2 Å². The van der Waals surface area contributed by atoms with Gasteiger partial charge in [0, 0.05) is 29.9 Å². The minimum absolute atomic E-state index is 0.0365. The number of ether oxygens (including phenoxy) is 1. The molecule has 4 rings (SSSR count). The molecule has 12 heteroatoms. The number of methoxy groups -OCH3 is 1. The molecule has 0 saturated carbocycles. The monoisotopic (exact) mass is 489 g/mol. The number of hydrogen-bond acceptors (Lipinski definition) is 10. The number of anilines is 3. The zero-order valence-electron chi connectivity index (χ0n) is 20.7. The number of hydrogen-bond donors (Lipinski definition) is 5. The third kappa shape index (κ3) is 6.13. The summed E-state index contributed by atoms with van der Waals surface area (Å²) in [6.07, 6.45) is 2.75. The van der Waals surface area contributed by atoms with E-state index < -0.39 is 11.6 Å². The maximum atomic E-state index is 14.6. The molecular weight excluding hydrogens is 456 g/mol. The molecule has 10 nitrogen and oxygen atoms in total. The van der Waals surface area contributed by atoms with E-state index >= 15 is 0 Å². The molecule has 2 aromatic rings. The quantitative estimate of drug-likeness (QED) is 0.382. The number of rotatable bonds is 8. The minimum atomic E-state index is -0.532. The van der Waals surface area contributed by atoms with Crippen molar-refractivity contribution in [1.29, 1.82) is 0 Å². The Morgan fingerprint density at radius 2 is 1.89 bits per heavy atom. The summed E-state index contributed by atoms with van der Waals surface area (Å²) in [5, 5.41) is 15.7. The Balaban J connectivity index is 1.52. The Morgan fingerprint density at radius 3 is 2.60 bits per heavy atom. The van der Waals surface area contributed by atoms with Crippen LogP contribution in [-0.2, 0) is 4.74 Å². The average molecular weight is 490 g/mol. The van der Waals surface area contributed by atoms with Gasteiger partial charge in [0.15, 0.2) is 17.5 Å². The highest BCUT2D eigenvalue weighted by atomic mass is 19.1. The van der Waals surface area contributed by atoms with Crippen molar-refractivity contribution in [3.05, 3.63) is 41.6 Å². The van der Waals surface area contributed by atoms with Crippen LogP contribution in [0.15, 0.2) is 29.5 Å². The molecule has 2 aliphatic rings. The Kier molecular flexibility index (Phi) is 7.06. The third-order valence-electron chi connectivity index (χ3n) is 5.86. The fourth-order valence-corrected chi connectivity index (χ4v) is 4.85. The van der Waals surface area contributed by atoms with Gasteiger partial charge in [0.2, 0.25) is 5.95 Å². The van der Waals surface area contributed by atoms with Crippen molar-refractivity contribution in [2.45, 2.75) is 57.7 Å². The highest BCUT2D eigenvalue weighted by Gasteiger charge is 2.38. The van der Waals surface area contributed by atoms with Crippen molar-refractivity contribution in [3.8, 4) is 0 Å². The van der Waals surface area contributed by atoms with E-state index in [0.717, 1.165) is 19.0 Å². The predicted octanol–water partition coefficient (Wildman–Crippen LogP) is 2.85. The maximum absolute atomic E-state index is 14.6. The maximum Gasteiger partial charge on any atom is 0.229 e. The molecule has 0 unspecified atom stereocenters. The lowest BCUT2D eigenvalue weighted by Crippen LogP contribution is -2.60. The van der Waals surface area contributed by atoms with Gasteiger partial charge in [0.05, 0.1) is 24.9 Å². The van der Waals surface area contributed by atoms with E-state index in [1.807, 2.05) is 0 Å². The SMILES string of the molecule is COCCN1NNN=C1c1cc(Nc2ncc(F)c(NC3CC(C)(C)NC(C)(C)C3)n2)ccc1F. The van der Waals surface area contributed by atoms with Crippen molar-refractivity contribution < 1.29 is 13.5 Å². The van der Waals surface area contributed by atoms with E-state index in [1.54, 1.807) is 24.3 Å². The molecule has 1 aromatic carbocycles. The second kappa shape index (κ2) is 9.88. The van der Waals surface area contributed by atoms with Crippen molar-refractivity contribution in [2.24, 2.45) is 5.10 Å². The van der Waals surface area contributed by atoms with Crippen molar-refractivity contribution >= 4 is 23.3 Å². The zero-order valence-corrected chi connectivity index (χ0v) is 20.7. The number of nitrogens with one attached hydrogen (secondary N) is 5. The molecule has 35 heavy (non-hydrogen) atoms. The van der Waals surface area contributed by atoms with Crippen molar-refractivity contribution in [3.63, 3.8) is 0 Å². The average Bonchev–Trinajstić information content (AvgIpc) is 3.22. The van der Waals surface area contributed by atoms with E-state index in [-0.39, 0.29) is 34.4 Å². The summed E-state index contributed by atoms with van der Waals surface area (Å²) in [5.74, 6) is -0.277. The summed E-state index contributed by atoms with van der Waals surface area (Å²) in [5.41, 5.74) is 6.07. The highest BCUT2D eigenvalue weighted by Crippen LogP contribution is 2.31. The van der Waals surface area contributed by atoms with Crippen LogP contribution in [0.1, 0.15) is 46.1 Å². The Labute approximate surface area is 203 Å². The lowest BCUT2D eigenvalue weighted by atomic mass is 9.79. The van der Waals surface area contributed by atoms with E-state index in [4.69, 9.17) is 4.74 Å². The molecule has 2 aliphatic heterocycles. The number of amidine groups is 1. The third-order valence-corrected chi connectivity index (χ3v) is 5.86. The fraction of sp³-hybridized carbons (Fsp3) is 0.522. The number of halogens is 2. The molecule has 0 bridgehead atoms. The van der Waals surface area contributed by atoms with Gasteiger partial charge in [-0.15, -0.1) is 10.6 Å². The molecule has 1 saturated heterocycles. The molecule has 5 N–H and O–H groups in total. The molecule has 0 atom stereocenters. The molecule has 1 fully saturated rings. The van der Waals surface area contributed by atoms with Crippen LogP contribution in [0.25, 0.3) is 0 Å². The first-order valence-corrected chi connectivity index (χ1v) is 11.6. The number of hydrazone groups is 1.